The van der Waals surface area contributed by atoms with Crippen molar-refractivity contribution in [1.29, 1.82) is 0 Å². The minimum atomic E-state index is -3.51. The molecule has 1 unspecified atom stereocenters. The van der Waals surface area contributed by atoms with Gasteiger partial charge in [0.1, 0.15) is 9.84 Å². The van der Waals surface area contributed by atoms with E-state index in [0.717, 1.165) is 11.2 Å². The van der Waals surface area contributed by atoms with Crippen LogP contribution in [0.25, 0.3) is 0 Å². The molecular formula is C21H23NO6S. The fraction of sp³-hybridized carbons (Fsp3) is 0.333. The maximum absolute atomic E-state index is 13.1. The number of benzene rings is 2. The lowest BCUT2D eigenvalue weighted by Gasteiger charge is -2.27. The number of hydrogen-bond acceptors (Lipinski definition) is 6. The number of carbonyl (C=O) groups is 2. The Bertz CT molecular complexity index is 1080. The van der Waals surface area contributed by atoms with Gasteiger partial charge in [-0.2, -0.15) is 0 Å². The Morgan fingerprint density at radius 3 is 2.38 bits per heavy atom. The molecule has 2 amide bonds. The van der Waals surface area contributed by atoms with E-state index in [1.54, 1.807) is 43.3 Å². The largest absolute Gasteiger partial charge is 0.493 e. The van der Waals surface area contributed by atoms with E-state index in [1.165, 1.54) is 7.11 Å². The lowest BCUT2D eigenvalue weighted by Crippen LogP contribution is -2.37. The fourth-order valence-electron chi connectivity index (χ4n) is 3.53. The SMILES string of the molecule is CCOc1cc(C(CS(C)(=O)=O)N2C(=O)c3cccc(C)c3C2=O)ccc1OC. The average molecular weight is 417 g/mol. The van der Waals surface area contributed by atoms with Gasteiger partial charge >= 0.3 is 0 Å². The third kappa shape index (κ3) is 3.98. The van der Waals surface area contributed by atoms with Gasteiger partial charge in [-0.15, -0.1) is 0 Å². The van der Waals surface area contributed by atoms with E-state index >= 15 is 0 Å². The molecule has 0 fully saturated rings. The molecule has 1 aliphatic rings. The third-order valence-electron chi connectivity index (χ3n) is 4.80. The van der Waals surface area contributed by atoms with Gasteiger partial charge in [0.25, 0.3) is 11.8 Å². The summed E-state index contributed by atoms with van der Waals surface area (Å²) < 4.78 is 35.2. The molecule has 0 bridgehead atoms. The first-order chi connectivity index (χ1) is 13.7. The van der Waals surface area contributed by atoms with Crippen molar-refractivity contribution in [3.8, 4) is 11.5 Å². The van der Waals surface area contributed by atoms with E-state index in [0.29, 0.717) is 34.8 Å². The molecule has 3 rings (SSSR count). The van der Waals surface area contributed by atoms with Gasteiger partial charge in [0, 0.05) is 6.26 Å². The molecule has 2 aromatic rings. The quantitative estimate of drug-likeness (QED) is 0.644. The molecule has 1 aliphatic heterocycles. The maximum Gasteiger partial charge on any atom is 0.262 e. The fourth-order valence-corrected chi connectivity index (χ4v) is 4.45. The van der Waals surface area contributed by atoms with Crippen LogP contribution in [-0.2, 0) is 9.84 Å². The second-order valence-electron chi connectivity index (χ2n) is 6.93. The number of aryl methyl sites for hydroxylation is 1. The van der Waals surface area contributed by atoms with E-state index < -0.39 is 33.4 Å². The van der Waals surface area contributed by atoms with Crippen LogP contribution < -0.4 is 9.47 Å². The molecule has 1 atom stereocenters. The van der Waals surface area contributed by atoms with Crippen molar-refractivity contribution in [2.45, 2.75) is 19.9 Å². The van der Waals surface area contributed by atoms with Crippen molar-refractivity contribution >= 4 is 21.7 Å². The molecule has 0 radical (unpaired) electrons. The van der Waals surface area contributed by atoms with Gasteiger partial charge in [-0.05, 0) is 43.2 Å². The van der Waals surface area contributed by atoms with Crippen LogP contribution >= 0.6 is 0 Å². The topological polar surface area (TPSA) is 90.0 Å². The van der Waals surface area contributed by atoms with Crippen molar-refractivity contribution in [3.05, 3.63) is 58.7 Å². The van der Waals surface area contributed by atoms with Gasteiger partial charge in [-0.25, -0.2) is 8.42 Å². The summed E-state index contributed by atoms with van der Waals surface area (Å²) in [5.74, 6) is -0.498. The van der Waals surface area contributed by atoms with Gasteiger partial charge < -0.3 is 9.47 Å². The van der Waals surface area contributed by atoms with Crippen LogP contribution in [0.3, 0.4) is 0 Å². The van der Waals surface area contributed by atoms with E-state index in [4.69, 9.17) is 9.47 Å². The van der Waals surface area contributed by atoms with Crippen molar-refractivity contribution in [3.63, 3.8) is 0 Å². The molecule has 0 N–H and O–H groups in total. The highest BCUT2D eigenvalue weighted by atomic mass is 32.2. The summed E-state index contributed by atoms with van der Waals surface area (Å²) in [6, 6.07) is 8.96. The second-order valence-corrected chi connectivity index (χ2v) is 9.11. The van der Waals surface area contributed by atoms with Crippen LogP contribution in [0.4, 0.5) is 0 Å². The first-order valence-electron chi connectivity index (χ1n) is 9.14. The minimum absolute atomic E-state index is 0.284. The Kier molecular flexibility index (Phi) is 5.66. The van der Waals surface area contributed by atoms with Gasteiger partial charge in [-0.3, -0.25) is 14.5 Å². The lowest BCUT2D eigenvalue weighted by molar-refractivity contribution is 0.0597. The predicted molar refractivity (Wildman–Crippen MR) is 108 cm³/mol. The number of methoxy groups -OCH3 is 1. The number of amides is 2. The maximum atomic E-state index is 13.1. The molecular weight excluding hydrogens is 394 g/mol. The summed E-state index contributed by atoms with van der Waals surface area (Å²) in [5, 5.41) is 0. The van der Waals surface area contributed by atoms with Gasteiger partial charge in [0.2, 0.25) is 0 Å². The van der Waals surface area contributed by atoms with E-state index in [2.05, 4.69) is 0 Å². The molecule has 8 heteroatoms. The number of imide groups is 1. The predicted octanol–water partition coefficient (Wildman–Crippen LogP) is 2.78. The first-order valence-corrected chi connectivity index (χ1v) is 11.2. The zero-order chi connectivity index (χ0) is 21.3. The van der Waals surface area contributed by atoms with E-state index in [1.807, 2.05) is 6.92 Å². The molecule has 0 spiro atoms. The van der Waals surface area contributed by atoms with Crippen molar-refractivity contribution in [2.24, 2.45) is 0 Å². The molecule has 0 saturated carbocycles. The van der Waals surface area contributed by atoms with Gasteiger partial charge in [0.05, 0.1) is 36.6 Å². The number of sulfone groups is 1. The number of ether oxygens (including phenoxy) is 2. The van der Waals surface area contributed by atoms with Crippen LogP contribution in [0.1, 0.15) is 44.8 Å². The molecule has 154 valence electrons. The van der Waals surface area contributed by atoms with E-state index in [9.17, 15) is 18.0 Å². The van der Waals surface area contributed by atoms with Crippen molar-refractivity contribution < 1.29 is 27.5 Å². The molecule has 0 aliphatic carbocycles. The molecule has 0 aromatic heterocycles. The number of hydrogen-bond donors (Lipinski definition) is 0. The summed E-state index contributed by atoms with van der Waals surface area (Å²) in [5.41, 5.74) is 1.75. The smallest absolute Gasteiger partial charge is 0.262 e. The zero-order valence-corrected chi connectivity index (χ0v) is 17.6. The van der Waals surface area contributed by atoms with Crippen LogP contribution in [0.15, 0.2) is 36.4 Å². The Labute approximate surface area is 170 Å². The van der Waals surface area contributed by atoms with Gasteiger partial charge in [-0.1, -0.05) is 18.2 Å². The summed E-state index contributed by atoms with van der Waals surface area (Å²) >= 11 is 0. The standard InChI is InChI=1S/C21H23NO6S/c1-5-28-18-11-14(9-10-17(18)27-3)16(12-29(4,25)26)22-20(23)15-8-6-7-13(2)19(15)21(22)24/h6-11,16H,5,12H2,1-4H3. The average Bonchev–Trinajstić information content (AvgIpc) is 2.91. The monoisotopic (exact) mass is 417 g/mol. The van der Waals surface area contributed by atoms with Crippen molar-refractivity contribution in [2.75, 3.05) is 25.7 Å². The van der Waals surface area contributed by atoms with Crippen LogP contribution in [0, 0.1) is 6.92 Å². The normalized spacial score (nSPS) is 14.7. The zero-order valence-electron chi connectivity index (χ0n) is 16.8. The molecule has 7 nitrogen and oxygen atoms in total. The Morgan fingerprint density at radius 2 is 1.79 bits per heavy atom. The van der Waals surface area contributed by atoms with E-state index in [-0.39, 0.29) is 5.56 Å². The van der Waals surface area contributed by atoms with Crippen LogP contribution in [0.5, 0.6) is 11.5 Å². The number of nitrogens with zero attached hydrogens (tertiary/aromatic N) is 1. The Morgan fingerprint density at radius 1 is 1.07 bits per heavy atom. The summed E-state index contributed by atoms with van der Waals surface area (Å²) in [6.45, 7) is 3.94. The Hall–Kier alpha value is -2.87. The number of fused-ring (bicyclic) bond motifs is 1. The highest BCUT2D eigenvalue weighted by Gasteiger charge is 2.42. The molecule has 2 aromatic carbocycles. The lowest BCUT2D eigenvalue weighted by atomic mass is 10.0. The van der Waals surface area contributed by atoms with Crippen LogP contribution in [-0.4, -0.2) is 50.9 Å². The van der Waals surface area contributed by atoms with Crippen LogP contribution in [0.2, 0.25) is 0 Å². The summed E-state index contributed by atoms with van der Waals surface area (Å²) in [6.07, 6.45) is 1.08. The highest BCUT2D eigenvalue weighted by Crippen LogP contribution is 2.37. The highest BCUT2D eigenvalue weighted by molar-refractivity contribution is 7.90. The summed E-state index contributed by atoms with van der Waals surface area (Å²) in [7, 11) is -2.01. The van der Waals surface area contributed by atoms with Gasteiger partial charge in [0.15, 0.2) is 11.5 Å². The number of rotatable bonds is 7. The molecule has 0 saturated heterocycles. The van der Waals surface area contributed by atoms with Crippen molar-refractivity contribution in [1.82, 2.24) is 4.90 Å². The molecule has 1 heterocycles. The third-order valence-corrected chi connectivity index (χ3v) is 5.72. The second kappa shape index (κ2) is 7.87. The summed E-state index contributed by atoms with van der Waals surface area (Å²) in [4.78, 5) is 27.2. The Balaban J connectivity index is 2.13. The number of carbonyl (C=O) groups excluding carboxylic acids is 2. The minimum Gasteiger partial charge on any atom is -0.493 e. The first kappa shape index (κ1) is 20.9. The molecule has 29 heavy (non-hydrogen) atoms.